The van der Waals surface area contributed by atoms with Gasteiger partial charge in [-0.15, -0.1) is 12.4 Å². The van der Waals surface area contributed by atoms with Crippen LogP contribution in [0.25, 0.3) is 0 Å². The highest BCUT2D eigenvalue weighted by atomic mass is 35.5. The minimum atomic E-state index is -0.867. The predicted molar refractivity (Wildman–Crippen MR) is 66.0 cm³/mol. The molecule has 0 aliphatic rings. The molecule has 0 saturated heterocycles. The van der Waals surface area contributed by atoms with E-state index < -0.39 is 29.2 Å². The monoisotopic (exact) mass is 265 g/mol. The average molecular weight is 266 g/mol. The first-order chi connectivity index (χ1) is 7.21. The zero-order chi connectivity index (χ0) is 12.5. The molecule has 0 aromatic heterocycles. The fourth-order valence-electron chi connectivity index (χ4n) is 1.49. The van der Waals surface area contributed by atoms with Crippen molar-refractivity contribution >= 4 is 12.4 Å². The second-order valence-electron chi connectivity index (χ2n) is 5.04. The van der Waals surface area contributed by atoms with Crippen LogP contribution in [0, 0.1) is 17.0 Å². The van der Waals surface area contributed by atoms with E-state index in [0.717, 1.165) is 18.2 Å². The van der Waals surface area contributed by atoms with Gasteiger partial charge >= 0.3 is 0 Å². The van der Waals surface area contributed by atoms with Gasteiger partial charge < -0.3 is 10.8 Å². The summed E-state index contributed by atoms with van der Waals surface area (Å²) >= 11 is 0. The van der Waals surface area contributed by atoms with Gasteiger partial charge in [0.25, 0.3) is 0 Å². The maximum atomic E-state index is 13.0. The van der Waals surface area contributed by atoms with Crippen LogP contribution >= 0.6 is 12.4 Å². The molecule has 17 heavy (non-hydrogen) atoms. The van der Waals surface area contributed by atoms with Crippen LogP contribution in [0.5, 0.6) is 0 Å². The Bertz CT molecular complexity index is 359. The van der Waals surface area contributed by atoms with E-state index in [2.05, 4.69) is 0 Å². The van der Waals surface area contributed by atoms with Crippen molar-refractivity contribution in [1.82, 2.24) is 0 Å². The molecule has 0 aliphatic carbocycles. The molecule has 0 spiro atoms. The number of rotatable bonds is 2. The molecule has 2 atom stereocenters. The van der Waals surface area contributed by atoms with E-state index in [1.807, 2.05) is 20.8 Å². The minimum Gasteiger partial charge on any atom is -0.391 e. The number of aliphatic hydroxyl groups excluding tert-OH is 1. The molecular formula is C12H18ClF2NO. The lowest BCUT2D eigenvalue weighted by atomic mass is 9.82. The van der Waals surface area contributed by atoms with Crippen LogP contribution in [0.4, 0.5) is 8.78 Å². The van der Waals surface area contributed by atoms with Crippen LogP contribution in [0.1, 0.15) is 32.4 Å². The molecule has 0 bridgehead atoms. The molecule has 98 valence electrons. The van der Waals surface area contributed by atoms with Gasteiger partial charge in [-0.05, 0) is 23.1 Å². The zero-order valence-electron chi connectivity index (χ0n) is 10.1. The highest BCUT2D eigenvalue weighted by Gasteiger charge is 2.29. The van der Waals surface area contributed by atoms with Gasteiger partial charge in [-0.3, -0.25) is 0 Å². The Balaban J connectivity index is 0.00000256. The van der Waals surface area contributed by atoms with Crippen LogP contribution in [-0.4, -0.2) is 11.2 Å². The second-order valence-corrected chi connectivity index (χ2v) is 5.04. The van der Waals surface area contributed by atoms with E-state index in [4.69, 9.17) is 5.73 Å². The van der Waals surface area contributed by atoms with Crippen molar-refractivity contribution in [2.45, 2.75) is 32.9 Å². The van der Waals surface area contributed by atoms with Crippen LogP contribution < -0.4 is 5.73 Å². The fraction of sp³-hybridized carbons (Fsp3) is 0.500. The van der Waals surface area contributed by atoms with E-state index in [9.17, 15) is 13.9 Å². The first-order valence-corrected chi connectivity index (χ1v) is 5.11. The van der Waals surface area contributed by atoms with Crippen molar-refractivity contribution in [3.8, 4) is 0 Å². The van der Waals surface area contributed by atoms with Crippen LogP contribution in [-0.2, 0) is 0 Å². The number of hydrogen-bond acceptors (Lipinski definition) is 2. The SMILES string of the molecule is CC(C)(C)[C@@H](O)[C@@H](N)c1cc(F)cc(F)c1.Cl. The summed E-state index contributed by atoms with van der Waals surface area (Å²) in [7, 11) is 0. The van der Waals surface area contributed by atoms with Crippen molar-refractivity contribution < 1.29 is 13.9 Å². The van der Waals surface area contributed by atoms with Crippen molar-refractivity contribution in [3.05, 3.63) is 35.4 Å². The summed E-state index contributed by atoms with van der Waals surface area (Å²) in [4.78, 5) is 0. The molecular weight excluding hydrogens is 248 g/mol. The Kier molecular flexibility index (Phi) is 5.52. The Labute approximate surface area is 106 Å². The molecule has 0 fully saturated rings. The van der Waals surface area contributed by atoms with Crippen molar-refractivity contribution in [1.29, 1.82) is 0 Å². The maximum Gasteiger partial charge on any atom is 0.126 e. The van der Waals surface area contributed by atoms with Crippen molar-refractivity contribution in [2.75, 3.05) is 0 Å². The fourth-order valence-corrected chi connectivity index (χ4v) is 1.49. The topological polar surface area (TPSA) is 46.2 Å². The summed E-state index contributed by atoms with van der Waals surface area (Å²) in [5.41, 5.74) is 5.60. The van der Waals surface area contributed by atoms with Crippen LogP contribution in [0.2, 0.25) is 0 Å². The minimum absolute atomic E-state index is 0. The lowest BCUT2D eigenvalue weighted by Gasteiger charge is -2.31. The van der Waals surface area contributed by atoms with Crippen molar-refractivity contribution in [3.63, 3.8) is 0 Å². The summed E-state index contributed by atoms with van der Waals surface area (Å²) in [5, 5.41) is 9.92. The van der Waals surface area contributed by atoms with E-state index in [1.165, 1.54) is 0 Å². The van der Waals surface area contributed by atoms with E-state index in [-0.39, 0.29) is 18.0 Å². The molecule has 1 aromatic carbocycles. The van der Waals surface area contributed by atoms with Gasteiger partial charge in [0, 0.05) is 6.07 Å². The quantitative estimate of drug-likeness (QED) is 0.864. The average Bonchev–Trinajstić information content (AvgIpc) is 2.12. The molecule has 1 aromatic rings. The van der Waals surface area contributed by atoms with E-state index in [0.29, 0.717) is 0 Å². The molecule has 3 N–H and O–H groups in total. The third-order valence-corrected chi connectivity index (χ3v) is 2.50. The number of hydrogen-bond donors (Lipinski definition) is 2. The number of nitrogens with two attached hydrogens (primary N) is 1. The lowest BCUT2D eigenvalue weighted by molar-refractivity contribution is 0.0399. The Morgan fingerprint density at radius 2 is 1.53 bits per heavy atom. The normalized spacial score (nSPS) is 15.0. The van der Waals surface area contributed by atoms with Gasteiger partial charge in [-0.25, -0.2) is 8.78 Å². The zero-order valence-corrected chi connectivity index (χ0v) is 10.9. The third-order valence-electron chi connectivity index (χ3n) is 2.50. The molecule has 2 nitrogen and oxygen atoms in total. The number of halogens is 3. The Hall–Kier alpha value is -0.710. The predicted octanol–water partition coefficient (Wildman–Crippen LogP) is 2.79. The Morgan fingerprint density at radius 1 is 1.12 bits per heavy atom. The smallest absolute Gasteiger partial charge is 0.126 e. The molecule has 0 heterocycles. The van der Waals surface area contributed by atoms with Gasteiger partial charge in [0.1, 0.15) is 11.6 Å². The van der Waals surface area contributed by atoms with Crippen LogP contribution in [0.3, 0.4) is 0 Å². The molecule has 1 rings (SSSR count). The molecule has 5 heteroatoms. The van der Waals surface area contributed by atoms with Gasteiger partial charge in [0.2, 0.25) is 0 Å². The van der Waals surface area contributed by atoms with E-state index >= 15 is 0 Å². The van der Waals surface area contributed by atoms with Gasteiger partial charge in [-0.2, -0.15) is 0 Å². The highest BCUT2D eigenvalue weighted by Crippen LogP contribution is 2.29. The summed E-state index contributed by atoms with van der Waals surface area (Å²) < 4.78 is 25.9. The Morgan fingerprint density at radius 3 is 1.88 bits per heavy atom. The standard InChI is InChI=1S/C12H17F2NO.ClH/c1-12(2,3)11(16)10(15)7-4-8(13)6-9(14)5-7;/h4-6,10-11,16H,15H2,1-3H3;1H/t10-,11-;/m0./s1. The number of benzene rings is 1. The summed E-state index contributed by atoms with van der Waals surface area (Å²) in [5.74, 6) is -1.38. The summed E-state index contributed by atoms with van der Waals surface area (Å²) in [6, 6.07) is 2.26. The third kappa shape index (κ3) is 4.22. The first kappa shape index (κ1) is 16.3. The molecule has 0 unspecified atom stereocenters. The molecule has 0 radical (unpaired) electrons. The van der Waals surface area contributed by atoms with E-state index in [1.54, 1.807) is 0 Å². The molecule has 0 amide bonds. The molecule has 0 saturated carbocycles. The maximum absolute atomic E-state index is 13.0. The lowest BCUT2D eigenvalue weighted by Crippen LogP contribution is -2.37. The van der Waals surface area contributed by atoms with Crippen LogP contribution in [0.15, 0.2) is 18.2 Å². The second kappa shape index (κ2) is 5.76. The van der Waals surface area contributed by atoms with Gasteiger partial charge in [-0.1, -0.05) is 20.8 Å². The van der Waals surface area contributed by atoms with Gasteiger partial charge in [0.05, 0.1) is 12.1 Å². The van der Waals surface area contributed by atoms with Crippen molar-refractivity contribution in [2.24, 2.45) is 11.1 Å². The number of aliphatic hydroxyl groups is 1. The highest BCUT2D eigenvalue weighted by molar-refractivity contribution is 5.85. The van der Waals surface area contributed by atoms with Gasteiger partial charge in [0.15, 0.2) is 0 Å². The first-order valence-electron chi connectivity index (χ1n) is 5.11. The molecule has 0 aliphatic heterocycles. The largest absolute Gasteiger partial charge is 0.391 e. The summed E-state index contributed by atoms with van der Waals surface area (Å²) in [6.45, 7) is 5.44. The summed E-state index contributed by atoms with van der Waals surface area (Å²) in [6.07, 6.45) is -0.867.